The molecule has 0 saturated heterocycles. The van der Waals surface area contributed by atoms with E-state index in [1.807, 2.05) is 18.5 Å². The van der Waals surface area contributed by atoms with Crippen LogP contribution in [0.1, 0.15) is 23.6 Å². The second-order valence-electron chi connectivity index (χ2n) is 4.94. The summed E-state index contributed by atoms with van der Waals surface area (Å²) < 4.78 is 0. The molecule has 3 nitrogen and oxygen atoms in total. The molecule has 0 fully saturated rings. The highest BCUT2D eigenvalue weighted by molar-refractivity contribution is 5.79. The van der Waals surface area contributed by atoms with Crippen LogP contribution >= 0.6 is 0 Å². The van der Waals surface area contributed by atoms with Gasteiger partial charge in [-0.1, -0.05) is 31.2 Å². The van der Waals surface area contributed by atoms with Crippen molar-refractivity contribution in [2.24, 2.45) is 0 Å². The number of aryl methyl sites for hydroxylation is 1. The number of nitrogens with one attached hydrogen (secondary N) is 2. The van der Waals surface area contributed by atoms with E-state index in [0.717, 1.165) is 25.2 Å². The maximum absolute atomic E-state index is 4.31. The van der Waals surface area contributed by atoms with Crippen molar-refractivity contribution in [2.75, 3.05) is 0 Å². The van der Waals surface area contributed by atoms with Gasteiger partial charge in [-0.25, -0.2) is 4.98 Å². The third-order valence-electron chi connectivity index (χ3n) is 3.67. The van der Waals surface area contributed by atoms with Crippen LogP contribution in [0.4, 0.5) is 0 Å². The SMILES string of the molecule is CCc1ccccc1CNCc1c[nH]c2ncccc12. The van der Waals surface area contributed by atoms with Crippen molar-refractivity contribution < 1.29 is 0 Å². The highest BCUT2D eigenvalue weighted by atomic mass is 14.9. The van der Waals surface area contributed by atoms with Crippen LogP contribution in [-0.2, 0) is 19.5 Å². The summed E-state index contributed by atoms with van der Waals surface area (Å²) in [4.78, 5) is 7.52. The molecular formula is C17H19N3. The van der Waals surface area contributed by atoms with Gasteiger partial charge in [0.25, 0.3) is 0 Å². The monoisotopic (exact) mass is 265 g/mol. The molecule has 3 aromatic rings. The maximum atomic E-state index is 4.31. The molecule has 2 heterocycles. The Morgan fingerprint density at radius 1 is 1.00 bits per heavy atom. The first kappa shape index (κ1) is 12.9. The molecule has 0 bridgehead atoms. The molecule has 20 heavy (non-hydrogen) atoms. The van der Waals surface area contributed by atoms with Gasteiger partial charge in [0.2, 0.25) is 0 Å². The Hall–Kier alpha value is -2.13. The fourth-order valence-electron chi connectivity index (χ4n) is 2.57. The number of hydrogen-bond acceptors (Lipinski definition) is 2. The third kappa shape index (κ3) is 2.58. The number of hydrogen-bond donors (Lipinski definition) is 2. The molecular weight excluding hydrogens is 246 g/mol. The predicted octanol–water partition coefficient (Wildman–Crippen LogP) is 3.42. The zero-order valence-corrected chi connectivity index (χ0v) is 11.7. The Kier molecular flexibility index (Phi) is 3.79. The van der Waals surface area contributed by atoms with Gasteiger partial charge in [0.05, 0.1) is 0 Å². The van der Waals surface area contributed by atoms with Gasteiger partial charge in [-0.2, -0.15) is 0 Å². The highest BCUT2D eigenvalue weighted by Gasteiger charge is 2.04. The van der Waals surface area contributed by atoms with E-state index in [1.165, 1.54) is 22.1 Å². The van der Waals surface area contributed by atoms with Gasteiger partial charge in [-0.3, -0.25) is 0 Å². The maximum Gasteiger partial charge on any atom is 0.137 e. The molecule has 102 valence electrons. The van der Waals surface area contributed by atoms with Crippen molar-refractivity contribution in [3.8, 4) is 0 Å². The summed E-state index contributed by atoms with van der Waals surface area (Å²) >= 11 is 0. The molecule has 0 unspecified atom stereocenters. The molecule has 0 aliphatic heterocycles. The van der Waals surface area contributed by atoms with Crippen LogP contribution in [0.5, 0.6) is 0 Å². The minimum atomic E-state index is 0.851. The quantitative estimate of drug-likeness (QED) is 0.742. The molecule has 3 rings (SSSR count). The topological polar surface area (TPSA) is 40.7 Å². The van der Waals surface area contributed by atoms with Gasteiger partial charge in [0, 0.05) is 30.9 Å². The Morgan fingerprint density at radius 2 is 1.80 bits per heavy atom. The van der Waals surface area contributed by atoms with E-state index < -0.39 is 0 Å². The van der Waals surface area contributed by atoms with Crippen LogP contribution in [-0.4, -0.2) is 9.97 Å². The summed E-state index contributed by atoms with van der Waals surface area (Å²) in [5.41, 5.74) is 5.02. The van der Waals surface area contributed by atoms with E-state index in [-0.39, 0.29) is 0 Å². The van der Waals surface area contributed by atoms with Gasteiger partial charge in [0.1, 0.15) is 5.65 Å². The van der Waals surface area contributed by atoms with Crippen LogP contribution in [0.3, 0.4) is 0 Å². The first-order valence-electron chi connectivity index (χ1n) is 7.07. The zero-order chi connectivity index (χ0) is 13.8. The second-order valence-corrected chi connectivity index (χ2v) is 4.94. The first-order valence-corrected chi connectivity index (χ1v) is 7.07. The first-order chi connectivity index (χ1) is 9.88. The molecule has 1 aromatic carbocycles. The molecule has 0 amide bonds. The smallest absolute Gasteiger partial charge is 0.137 e. The molecule has 0 atom stereocenters. The number of rotatable bonds is 5. The number of aromatic amines is 1. The van der Waals surface area contributed by atoms with Gasteiger partial charge in [-0.05, 0) is 35.2 Å². The van der Waals surface area contributed by atoms with Gasteiger partial charge in [0.15, 0.2) is 0 Å². The van der Waals surface area contributed by atoms with E-state index in [0.29, 0.717) is 0 Å². The van der Waals surface area contributed by atoms with Crippen molar-refractivity contribution >= 4 is 11.0 Å². The number of H-pyrrole nitrogens is 1. The fourth-order valence-corrected chi connectivity index (χ4v) is 2.57. The number of aromatic nitrogens is 2. The van der Waals surface area contributed by atoms with Crippen molar-refractivity contribution in [2.45, 2.75) is 26.4 Å². The van der Waals surface area contributed by atoms with Gasteiger partial charge < -0.3 is 10.3 Å². The highest BCUT2D eigenvalue weighted by Crippen LogP contribution is 2.15. The third-order valence-corrected chi connectivity index (χ3v) is 3.67. The summed E-state index contributed by atoms with van der Waals surface area (Å²) in [6.45, 7) is 3.95. The minimum absolute atomic E-state index is 0.851. The lowest BCUT2D eigenvalue weighted by molar-refractivity contribution is 0.691. The van der Waals surface area contributed by atoms with Crippen LogP contribution in [0.25, 0.3) is 11.0 Å². The Labute approximate surface area is 119 Å². The second kappa shape index (κ2) is 5.88. The summed E-state index contributed by atoms with van der Waals surface area (Å²) in [6, 6.07) is 12.7. The summed E-state index contributed by atoms with van der Waals surface area (Å²) in [6.07, 6.45) is 4.93. The van der Waals surface area contributed by atoms with Crippen molar-refractivity contribution in [3.63, 3.8) is 0 Å². The van der Waals surface area contributed by atoms with Crippen LogP contribution in [0.2, 0.25) is 0 Å². The van der Waals surface area contributed by atoms with Crippen LogP contribution in [0, 0.1) is 0 Å². The Bertz CT molecular complexity index is 700. The molecule has 0 radical (unpaired) electrons. The van der Waals surface area contributed by atoms with E-state index in [9.17, 15) is 0 Å². The lowest BCUT2D eigenvalue weighted by Crippen LogP contribution is -2.13. The molecule has 0 aliphatic rings. The lowest BCUT2D eigenvalue weighted by atomic mass is 10.1. The summed E-state index contributed by atoms with van der Waals surface area (Å²) in [7, 11) is 0. The number of pyridine rings is 1. The number of nitrogens with zero attached hydrogens (tertiary/aromatic N) is 1. The van der Waals surface area contributed by atoms with Crippen molar-refractivity contribution in [1.82, 2.24) is 15.3 Å². The van der Waals surface area contributed by atoms with Crippen molar-refractivity contribution in [1.29, 1.82) is 0 Å². The van der Waals surface area contributed by atoms with E-state index >= 15 is 0 Å². The van der Waals surface area contributed by atoms with E-state index in [2.05, 4.69) is 52.5 Å². The largest absolute Gasteiger partial charge is 0.346 e. The summed E-state index contributed by atoms with van der Waals surface area (Å²) in [5.74, 6) is 0. The van der Waals surface area contributed by atoms with Gasteiger partial charge >= 0.3 is 0 Å². The molecule has 0 saturated carbocycles. The van der Waals surface area contributed by atoms with Crippen LogP contribution in [0.15, 0.2) is 48.8 Å². The molecule has 0 spiro atoms. The average Bonchev–Trinajstić information content (AvgIpc) is 2.91. The normalized spacial score (nSPS) is 11.1. The Balaban J connectivity index is 1.68. The van der Waals surface area contributed by atoms with Crippen LogP contribution < -0.4 is 5.32 Å². The fraction of sp³-hybridized carbons (Fsp3) is 0.235. The molecule has 2 aromatic heterocycles. The lowest BCUT2D eigenvalue weighted by Gasteiger charge is -2.08. The summed E-state index contributed by atoms with van der Waals surface area (Å²) in [5, 5.41) is 4.72. The van der Waals surface area contributed by atoms with Gasteiger partial charge in [-0.15, -0.1) is 0 Å². The number of benzene rings is 1. The molecule has 0 aliphatic carbocycles. The van der Waals surface area contributed by atoms with E-state index in [4.69, 9.17) is 0 Å². The molecule has 3 heteroatoms. The zero-order valence-electron chi connectivity index (χ0n) is 11.7. The number of fused-ring (bicyclic) bond motifs is 1. The Morgan fingerprint density at radius 3 is 2.65 bits per heavy atom. The molecule has 2 N–H and O–H groups in total. The van der Waals surface area contributed by atoms with E-state index in [1.54, 1.807) is 0 Å². The predicted molar refractivity (Wildman–Crippen MR) is 82.5 cm³/mol. The standard InChI is InChI=1S/C17H19N3/c1-2-13-6-3-4-7-14(13)10-18-11-15-12-20-17-16(15)8-5-9-19-17/h3-9,12,18H,2,10-11H2,1H3,(H,19,20). The average molecular weight is 265 g/mol. The minimum Gasteiger partial charge on any atom is -0.346 e. The van der Waals surface area contributed by atoms with Crippen molar-refractivity contribution in [3.05, 3.63) is 65.5 Å².